The van der Waals surface area contributed by atoms with Gasteiger partial charge in [0.05, 0.1) is 25.0 Å². The standard InChI is InChI=1S/C13H10BrClN2OS/c1-8(11-6-7-12(14)19-11)16-17-13(18)9-4-2-3-5-10(9)15/h2-7H,1H3,(H,17,18)/b16-8-. The lowest BCUT2D eigenvalue weighted by Gasteiger charge is -2.03. The van der Waals surface area contributed by atoms with Crippen molar-refractivity contribution in [3.63, 3.8) is 0 Å². The fourth-order valence-electron chi connectivity index (χ4n) is 1.40. The maximum Gasteiger partial charge on any atom is 0.272 e. The number of nitrogens with zero attached hydrogens (tertiary/aromatic N) is 1. The second-order valence-electron chi connectivity index (χ2n) is 3.72. The van der Waals surface area contributed by atoms with E-state index in [1.165, 1.54) is 0 Å². The van der Waals surface area contributed by atoms with Crippen molar-refractivity contribution in [1.82, 2.24) is 5.43 Å². The molecule has 2 rings (SSSR count). The lowest BCUT2D eigenvalue weighted by atomic mass is 10.2. The molecule has 1 amide bonds. The molecule has 0 aliphatic heterocycles. The Morgan fingerprint density at radius 2 is 2.05 bits per heavy atom. The molecule has 0 saturated carbocycles. The average molecular weight is 358 g/mol. The number of carbonyl (C=O) groups excluding carboxylic acids is 1. The van der Waals surface area contributed by atoms with Crippen LogP contribution in [0.15, 0.2) is 45.3 Å². The van der Waals surface area contributed by atoms with Gasteiger partial charge >= 0.3 is 0 Å². The van der Waals surface area contributed by atoms with E-state index in [1.54, 1.807) is 35.6 Å². The summed E-state index contributed by atoms with van der Waals surface area (Å²) >= 11 is 10.9. The van der Waals surface area contributed by atoms with Gasteiger partial charge < -0.3 is 0 Å². The Bertz CT molecular complexity index is 639. The second-order valence-corrected chi connectivity index (χ2v) is 6.59. The zero-order chi connectivity index (χ0) is 13.8. The summed E-state index contributed by atoms with van der Waals surface area (Å²) in [5.74, 6) is -0.319. The minimum absolute atomic E-state index is 0.319. The first-order valence-electron chi connectivity index (χ1n) is 5.43. The number of hydrazone groups is 1. The van der Waals surface area contributed by atoms with Crippen LogP contribution in [0, 0.1) is 0 Å². The average Bonchev–Trinajstić information content (AvgIpc) is 2.83. The van der Waals surface area contributed by atoms with Crippen molar-refractivity contribution in [2.75, 3.05) is 0 Å². The van der Waals surface area contributed by atoms with Gasteiger partial charge in [0.2, 0.25) is 0 Å². The summed E-state index contributed by atoms with van der Waals surface area (Å²) in [6.45, 7) is 1.84. The summed E-state index contributed by atoms with van der Waals surface area (Å²) in [4.78, 5) is 12.9. The fraction of sp³-hybridized carbons (Fsp3) is 0.0769. The zero-order valence-corrected chi connectivity index (χ0v) is 13.1. The topological polar surface area (TPSA) is 41.5 Å². The number of benzene rings is 1. The van der Waals surface area contributed by atoms with Crippen molar-refractivity contribution in [1.29, 1.82) is 0 Å². The molecule has 6 heteroatoms. The predicted octanol–water partition coefficient (Wildman–Crippen LogP) is 4.32. The SMILES string of the molecule is C/C(=N/NC(=O)c1ccccc1Cl)c1ccc(Br)s1. The Morgan fingerprint density at radius 1 is 1.32 bits per heavy atom. The van der Waals surface area contributed by atoms with Gasteiger partial charge in [-0.05, 0) is 47.1 Å². The Morgan fingerprint density at radius 3 is 2.68 bits per heavy atom. The van der Waals surface area contributed by atoms with Crippen LogP contribution >= 0.6 is 38.9 Å². The predicted molar refractivity (Wildman–Crippen MR) is 83.1 cm³/mol. The Hall–Kier alpha value is -1.17. The minimum atomic E-state index is -0.319. The molecule has 0 aliphatic carbocycles. The second kappa shape index (κ2) is 6.32. The number of carbonyl (C=O) groups is 1. The van der Waals surface area contributed by atoms with E-state index >= 15 is 0 Å². The summed E-state index contributed by atoms with van der Waals surface area (Å²) in [5.41, 5.74) is 3.66. The van der Waals surface area contributed by atoms with Crippen LogP contribution in [0.3, 0.4) is 0 Å². The Kier molecular flexibility index (Phi) is 4.74. The molecule has 3 nitrogen and oxygen atoms in total. The number of amides is 1. The van der Waals surface area contributed by atoms with Crippen molar-refractivity contribution in [3.8, 4) is 0 Å². The van der Waals surface area contributed by atoms with Crippen molar-refractivity contribution >= 4 is 50.5 Å². The number of hydrogen-bond donors (Lipinski definition) is 1. The summed E-state index contributed by atoms with van der Waals surface area (Å²) in [5, 5.41) is 4.48. The molecule has 0 spiro atoms. The highest BCUT2D eigenvalue weighted by Crippen LogP contribution is 2.22. The minimum Gasteiger partial charge on any atom is -0.267 e. The van der Waals surface area contributed by atoms with Crippen LogP contribution in [0.25, 0.3) is 0 Å². The summed E-state index contributed by atoms with van der Waals surface area (Å²) < 4.78 is 1.02. The van der Waals surface area contributed by atoms with Crippen LogP contribution < -0.4 is 5.43 Å². The molecule has 1 aromatic carbocycles. The van der Waals surface area contributed by atoms with E-state index in [2.05, 4.69) is 26.5 Å². The van der Waals surface area contributed by atoms with Crippen molar-refractivity contribution in [2.45, 2.75) is 6.92 Å². The van der Waals surface area contributed by atoms with E-state index in [0.717, 1.165) is 14.4 Å². The third-order valence-corrected chi connectivity index (χ3v) is 4.44. The first kappa shape index (κ1) is 14.2. The quantitative estimate of drug-likeness (QED) is 0.645. The van der Waals surface area contributed by atoms with Crippen LogP contribution in [0.4, 0.5) is 0 Å². The summed E-state index contributed by atoms with van der Waals surface area (Å²) in [6, 6.07) is 10.7. The number of nitrogens with one attached hydrogen (secondary N) is 1. The molecule has 1 aromatic heterocycles. The maximum absolute atomic E-state index is 11.9. The molecule has 0 aliphatic rings. The van der Waals surface area contributed by atoms with Gasteiger partial charge in [0.25, 0.3) is 5.91 Å². The number of rotatable bonds is 3. The molecule has 0 bridgehead atoms. The Balaban J connectivity index is 2.10. The number of halogens is 2. The molecule has 2 aromatic rings. The molecule has 0 radical (unpaired) electrons. The molecule has 1 N–H and O–H groups in total. The first-order chi connectivity index (χ1) is 9.08. The van der Waals surface area contributed by atoms with Crippen molar-refractivity contribution < 1.29 is 4.79 Å². The fourth-order valence-corrected chi connectivity index (χ4v) is 2.96. The largest absolute Gasteiger partial charge is 0.272 e. The Labute approximate surface area is 128 Å². The highest BCUT2D eigenvalue weighted by Gasteiger charge is 2.09. The molecule has 1 heterocycles. The van der Waals surface area contributed by atoms with Crippen molar-refractivity contribution in [2.24, 2.45) is 5.10 Å². The molecule has 98 valence electrons. The summed E-state index contributed by atoms with van der Waals surface area (Å²) in [6.07, 6.45) is 0. The first-order valence-corrected chi connectivity index (χ1v) is 7.41. The van der Waals surface area contributed by atoms with E-state index < -0.39 is 0 Å². The maximum atomic E-state index is 11.9. The summed E-state index contributed by atoms with van der Waals surface area (Å²) in [7, 11) is 0. The van der Waals surface area contributed by atoms with Gasteiger partial charge in [-0.2, -0.15) is 5.10 Å². The van der Waals surface area contributed by atoms with Gasteiger partial charge in [-0.15, -0.1) is 11.3 Å². The molecule has 0 saturated heterocycles. The highest BCUT2D eigenvalue weighted by molar-refractivity contribution is 9.11. The molecule has 0 fully saturated rings. The van der Waals surface area contributed by atoms with Gasteiger partial charge in [0.1, 0.15) is 0 Å². The lowest BCUT2D eigenvalue weighted by molar-refractivity contribution is 0.0955. The third kappa shape index (κ3) is 3.65. The van der Waals surface area contributed by atoms with Gasteiger partial charge in [0.15, 0.2) is 0 Å². The van der Waals surface area contributed by atoms with Crippen LogP contribution in [0.1, 0.15) is 22.2 Å². The van der Waals surface area contributed by atoms with E-state index in [1.807, 2.05) is 19.1 Å². The molecular weight excluding hydrogens is 348 g/mol. The van der Waals surface area contributed by atoms with Crippen LogP contribution in [-0.4, -0.2) is 11.6 Å². The van der Waals surface area contributed by atoms with Crippen LogP contribution in [-0.2, 0) is 0 Å². The normalized spacial score (nSPS) is 11.4. The van der Waals surface area contributed by atoms with E-state index in [-0.39, 0.29) is 5.91 Å². The van der Waals surface area contributed by atoms with Crippen LogP contribution in [0.2, 0.25) is 5.02 Å². The highest BCUT2D eigenvalue weighted by atomic mass is 79.9. The van der Waals surface area contributed by atoms with Crippen molar-refractivity contribution in [3.05, 3.63) is 55.6 Å². The van der Waals surface area contributed by atoms with E-state index in [0.29, 0.717) is 10.6 Å². The zero-order valence-electron chi connectivity index (χ0n) is 9.98. The molecule has 19 heavy (non-hydrogen) atoms. The lowest BCUT2D eigenvalue weighted by Crippen LogP contribution is -2.19. The van der Waals surface area contributed by atoms with E-state index in [4.69, 9.17) is 11.6 Å². The van der Waals surface area contributed by atoms with Crippen LogP contribution in [0.5, 0.6) is 0 Å². The molecule has 0 atom stereocenters. The van der Waals surface area contributed by atoms with Gasteiger partial charge in [-0.1, -0.05) is 23.7 Å². The van der Waals surface area contributed by atoms with E-state index in [9.17, 15) is 4.79 Å². The molecule has 0 unspecified atom stereocenters. The number of hydrogen-bond acceptors (Lipinski definition) is 3. The van der Waals surface area contributed by atoms with Gasteiger partial charge in [-0.25, -0.2) is 5.43 Å². The molecular formula is C13H10BrClN2OS. The monoisotopic (exact) mass is 356 g/mol. The number of thiophene rings is 1. The van der Waals surface area contributed by atoms with Gasteiger partial charge in [-0.3, -0.25) is 4.79 Å². The third-order valence-electron chi connectivity index (χ3n) is 2.37. The smallest absolute Gasteiger partial charge is 0.267 e. The van der Waals surface area contributed by atoms with Gasteiger partial charge in [0, 0.05) is 0 Å².